The minimum absolute atomic E-state index is 0.0711. The largest absolute Gasteiger partial charge is 0.462 e. The van der Waals surface area contributed by atoms with Gasteiger partial charge in [-0.05, 0) is 128 Å². The number of carbonyl (C=O) groups excluding carboxylic acids is 4. The summed E-state index contributed by atoms with van der Waals surface area (Å²) < 4.78 is 22.9. The van der Waals surface area contributed by atoms with E-state index in [-0.39, 0.29) is 80.8 Å². The zero-order chi connectivity index (χ0) is 62.9. The molecule has 86 heavy (non-hydrogen) atoms. The first-order valence-electron chi connectivity index (χ1n) is 36.4. The molecule has 11 heteroatoms. The fourth-order valence-electron chi connectivity index (χ4n) is 10.6. The molecule has 0 saturated carbocycles. The predicted molar refractivity (Wildman–Crippen MR) is 359 cm³/mol. The highest BCUT2D eigenvalue weighted by molar-refractivity contribution is 5.71. The molecule has 0 aliphatic heterocycles. The van der Waals surface area contributed by atoms with Crippen LogP contribution in [0.5, 0.6) is 0 Å². The highest BCUT2D eigenvalue weighted by Crippen LogP contribution is 2.19. The lowest BCUT2D eigenvalue weighted by atomic mass is 10.1. The summed E-state index contributed by atoms with van der Waals surface area (Å²) in [4.78, 5) is 51.4. The zero-order valence-electron chi connectivity index (χ0n) is 56.3. The number of hydrogen-bond acceptors (Lipinski definition) is 11. The van der Waals surface area contributed by atoms with Crippen LogP contribution in [0.25, 0.3) is 0 Å². The molecule has 4 atom stereocenters. The van der Waals surface area contributed by atoms with Gasteiger partial charge in [0.25, 0.3) is 0 Å². The third-order valence-corrected chi connectivity index (χ3v) is 16.3. The molecule has 0 unspecified atom stereocenters. The van der Waals surface area contributed by atoms with Crippen LogP contribution in [-0.4, -0.2) is 82.9 Å². The summed E-state index contributed by atoms with van der Waals surface area (Å²) in [5.74, 6) is -1.14. The SMILES string of the molecule is CCCCCC[C@@H](O)C/C=C\CCCCCCCC(=O)OCC(COC(=O)CCCCCCC/C=C\C[C@H](O)CCCCCC)OC(=O)CCCCCCC/C=C\C[C@@H](CCCCCC)OC(=O)CCCCCCC/C=C\C[C@H](O)CCCCCC. The fraction of sp³-hybridized carbons (Fsp3) is 0.840. The molecule has 11 nitrogen and oxygen atoms in total. The Morgan fingerprint density at radius 1 is 0.279 bits per heavy atom. The van der Waals surface area contributed by atoms with Gasteiger partial charge in [0.1, 0.15) is 19.3 Å². The predicted octanol–water partition coefficient (Wildman–Crippen LogP) is 20.6. The van der Waals surface area contributed by atoms with Crippen molar-refractivity contribution in [3.8, 4) is 0 Å². The average molecular weight is 1210 g/mol. The minimum atomic E-state index is -0.858. The van der Waals surface area contributed by atoms with E-state index < -0.39 is 6.10 Å². The van der Waals surface area contributed by atoms with Crippen molar-refractivity contribution in [2.24, 2.45) is 0 Å². The van der Waals surface area contributed by atoms with E-state index in [9.17, 15) is 34.5 Å². The second-order valence-corrected chi connectivity index (χ2v) is 25.0. The maximum Gasteiger partial charge on any atom is 0.306 e. The molecular formula is C75H136O11. The van der Waals surface area contributed by atoms with E-state index in [0.29, 0.717) is 12.8 Å². The third-order valence-electron chi connectivity index (χ3n) is 16.3. The first kappa shape index (κ1) is 82.7. The van der Waals surface area contributed by atoms with E-state index in [1.54, 1.807) is 0 Å². The van der Waals surface area contributed by atoms with E-state index in [2.05, 4.69) is 76.3 Å². The van der Waals surface area contributed by atoms with Gasteiger partial charge in [-0.2, -0.15) is 0 Å². The van der Waals surface area contributed by atoms with Crippen molar-refractivity contribution in [3.63, 3.8) is 0 Å². The van der Waals surface area contributed by atoms with E-state index in [1.165, 1.54) is 70.6 Å². The molecule has 502 valence electrons. The third kappa shape index (κ3) is 62.3. The van der Waals surface area contributed by atoms with Gasteiger partial charge in [0.2, 0.25) is 0 Å². The number of unbranched alkanes of at least 4 members (excludes halogenated alkanes) is 32. The highest BCUT2D eigenvalue weighted by atomic mass is 16.6. The lowest BCUT2D eigenvalue weighted by Gasteiger charge is -2.18. The quantitative estimate of drug-likeness (QED) is 0.0230. The van der Waals surface area contributed by atoms with Crippen LogP contribution in [0.1, 0.15) is 362 Å². The Bertz CT molecular complexity index is 1560. The van der Waals surface area contributed by atoms with Gasteiger partial charge >= 0.3 is 23.9 Å². The molecule has 0 spiro atoms. The number of rotatable bonds is 66. The van der Waals surface area contributed by atoms with Crippen LogP contribution in [0.15, 0.2) is 48.6 Å². The summed E-state index contributed by atoms with van der Waals surface area (Å²) in [7, 11) is 0. The number of hydrogen-bond donors (Lipinski definition) is 3. The van der Waals surface area contributed by atoms with E-state index >= 15 is 0 Å². The minimum Gasteiger partial charge on any atom is -0.462 e. The van der Waals surface area contributed by atoms with Crippen molar-refractivity contribution in [1.82, 2.24) is 0 Å². The maximum atomic E-state index is 13.0. The van der Waals surface area contributed by atoms with Gasteiger partial charge in [0, 0.05) is 32.1 Å². The van der Waals surface area contributed by atoms with Crippen LogP contribution in [0, 0.1) is 0 Å². The van der Waals surface area contributed by atoms with Gasteiger partial charge in [-0.15, -0.1) is 0 Å². The molecule has 0 amide bonds. The van der Waals surface area contributed by atoms with Crippen molar-refractivity contribution in [2.45, 2.75) is 392 Å². The lowest BCUT2D eigenvalue weighted by molar-refractivity contribution is -0.167. The maximum absolute atomic E-state index is 13.0. The Labute approximate surface area is 528 Å². The molecular weight excluding hydrogens is 1080 g/mol. The van der Waals surface area contributed by atoms with Gasteiger partial charge in [0.15, 0.2) is 6.10 Å². The van der Waals surface area contributed by atoms with Crippen LogP contribution in [0.2, 0.25) is 0 Å². The number of esters is 4. The average Bonchev–Trinajstić information content (AvgIpc) is 3.54. The molecule has 0 aromatic heterocycles. The van der Waals surface area contributed by atoms with Gasteiger partial charge in [0.05, 0.1) is 18.3 Å². The van der Waals surface area contributed by atoms with Crippen LogP contribution < -0.4 is 0 Å². The van der Waals surface area contributed by atoms with Crippen LogP contribution >= 0.6 is 0 Å². The van der Waals surface area contributed by atoms with Crippen molar-refractivity contribution < 1.29 is 53.4 Å². The summed E-state index contributed by atoms with van der Waals surface area (Å²) in [5, 5.41) is 30.5. The molecule has 0 bridgehead atoms. The van der Waals surface area contributed by atoms with Crippen molar-refractivity contribution in [2.75, 3.05) is 13.2 Å². The molecule has 0 fully saturated rings. The Kier molecular flexibility index (Phi) is 63.6. The van der Waals surface area contributed by atoms with Crippen LogP contribution in [0.3, 0.4) is 0 Å². The number of allylic oxidation sites excluding steroid dienone is 4. The van der Waals surface area contributed by atoms with Gasteiger partial charge in [-0.3, -0.25) is 19.2 Å². The van der Waals surface area contributed by atoms with Gasteiger partial charge < -0.3 is 34.3 Å². The number of aliphatic hydroxyl groups excluding tert-OH is 3. The molecule has 0 aliphatic carbocycles. The van der Waals surface area contributed by atoms with Crippen LogP contribution in [0.4, 0.5) is 0 Å². The van der Waals surface area contributed by atoms with Crippen molar-refractivity contribution in [3.05, 3.63) is 48.6 Å². The molecule has 0 rings (SSSR count). The molecule has 3 N–H and O–H groups in total. The Morgan fingerprint density at radius 2 is 0.535 bits per heavy atom. The molecule has 0 aromatic rings. The van der Waals surface area contributed by atoms with E-state index in [1.807, 2.05) is 0 Å². The lowest BCUT2D eigenvalue weighted by Crippen LogP contribution is -2.30. The standard InChI is InChI=1S/C75H136O11/c1-5-9-13-41-53-67(76)56-44-33-25-17-21-29-37-49-61-72(79)83-65-71(66-84-73(80)62-50-38-30-22-18-26-34-45-57-68(77)54-42-14-10-6-2)86-75(82)64-52-40-32-24-20-28-36-48-60-70(59-47-16-12-8-4)85-74(81)63-51-39-31-23-19-27-35-46-58-69(78)55-43-15-11-7-3/h33-36,44-46,48,67-71,76-78H,5-32,37-43,47,49-66H2,1-4H3/b44-33-,45-34-,46-35-,48-36-/t67-,68-,69-,70-/m1/s1. The smallest absolute Gasteiger partial charge is 0.306 e. The summed E-state index contributed by atoms with van der Waals surface area (Å²) in [6.45, 7) is 8.52. The second-order valence-electron chi connectivity index (χ2n) is 25.0. The van der Waals surface area contributed by atoms with Crippen molar-refractivity contribution >= 4 is 23.9 Å². The summed E-state index contributed by atoms with van der Waals surface area (Å²) in [6, 6.07) is 0. The first-order chi connectivity index (χ1) is 42.0. The van der Waals surface area contributed by atoms with Gasteiger partial charge in [-0.1, -0.05) is 250 Å². The first-order valence-corrected chi connectivity index (χ1v) is 36.4. The summed E-state index contributed by atoms with van der Waals surface area (Å²) >= 11 is 0. The Hall–Kier alpha value is -3.28. The molecule has 0 heterocycles. The molecule has 0 saturated heterocycles. The zero-order valence-corrected chi connectivity index (χ0v) is 56.3. The van der Waals surface area contributed by atoms with E-state index in [4.69, 9.17) is 18.9 Å². The Balaban J connectivity index is 4.74. The van der Waals surface area contributed by atoms with Gasteiger partial charge in [-0.25, -0.2) is 0 Å². The Morgan fingerprint density at radius 3 is 0.860 bits per heavy atom. The highest BCUT2D eigenvalue weighted by Gasteiger charge is 2.20. The monoisotopic (exact) mass is 1210 g/mol. The number of carbonyl (C=O) groups is 4. The molecule has 0 radical (unpaired) electrons. The topological polar surface area (TPSA) is 166 Å². The summed E-state index contributed by atoms with van der Waals surface area (Å²) in [6.07, 6.45) is 66.1. The fourth-order valence-corrected chi connectivity index (χ4v) is 10.6. The molecule has 0 aromatic carbocycles. The van der Waals surface area contributed by atoms with E-state index in [0.717, 1.165) is 231 Å². The summed E-state index contributed by atoms with van der Waals surface area (Å²) in [5.41, 5.74) is 0. The second kappa shape index (κ2) is 66.1. The normalized spacial score (nSPS) is 13.4. The van der Waals surface area contributed by atoms with Crippen LogP contribution in [-0.2, 0) is 38.1 Å². The molecule has 0 aliphatic rings. The number of aliphatic hydroxyl groups is 3. The number of ether oxygens (including phenoxy) is 4. The van der Waals surface area contributed by atoms with Crippen molar-refractivity contribution in [1.29, 1.82) is 0 Å².